The Morgan fingerprint density at radius 2 is 2.05 bits per heavy atom. The van der Waals surface area contributed by atoms with Gasteiger partial charge in [-0.15, -0.1) is 0 Å². The van der Waals surface area contributed by atoms with Gasteiger partial charge >= 0.3 is 0 Å². The van der Waals surface area contributed by atoms with Crippen LogP contribution in [0.5, 0.6) is 0 Å². The average molecular weight is 352 g/mol. The Hall–Kier alpha value is -1.07. The summed E-state index contributed by atoms with van der Waals surface area (Å²) < 4.78 is 0.780. The number of benzene rings is 1. The van der Waals surface area contributed by atoms with Crippen LogP contribution in [0.2, 0.25) is 0 Å². The van der Waals surface area contributed by atoms with Gasteiger partial charge in [-0.1, -0.05) is 0 Å². The summed E-state index contributed by atoms with van der Waals surface area (Å²) in [6, 6.07) is 7.79. The number of nitrogens with zero attached hydrogens (tertiary/aromatic N) is 1. The zero-order chi connectivity index (χ0) is 15.0. The van der Waals surface area contributed by atoms with Gasteiger partial charge in [-0.05, 0) is 66.7 Å². The maximum atomic E-state index is 11.3. The van der Waals surface area contributed by atoms with Crippen LogP contribution in [-0.2, 0) is 0 Å². The number of halogens is 1. The molecule has 2 fully saturated rings. The number of piperidine rings is 1. The molecule has 2 aliphatic heterocycles. The van der Waals surface area contributed by atoms with Crippen molar-refractivity contribution in [2.75, 3.05) is 11.4 Å². The van der Waals surface area contributed by atoms with Crippen molar-refractivity contribution in [1.82, 2.24) is 5.32 Å². The van der Waals surface area contributed by atoms with E-state index >= 15 is 0 Å². The van der Waals surface area contributed by atoms with Crippen molar-refractivity contribution >= 4 is 27.5 Å². The highest BCUT2D eigenvalue weighted by molar-refractivity contribution is 9.10. The summed E-state index contributed by atoms with van der Waals surface area (Å²) in [6.07, 6.45) is 5.03. The van der Waals surface area contributed by atoms with Crippen LogP contribution in [-0.4, -0.2) is 30.6 Å². The Kier molecular flexibility index (Phi) is 4.22. The van der Waals surface area contributed by atoms with E-state index in [0.717, 1.165) is 11.0 Å². The van der Waals surface area contributed by atoms with Crippen LogP contribution >= 0.6 is 15.9 Å². The summed E-state index contributed by atoms with van der Waals surface area (Å²) in [7, 11) is 0. The van der Waals surface area contributed by atoms with E-state index < -0.39 is 5.91 Å². The summed E-state index contributed by atoms with van der Waals surface area (Å²) in [6.45, 7) is 3.17. The molecule has 2 saturated heterocycles. The number of carbonyl (C=O) groups is 1. The SMILES string of the molecule is CCN(c1ccc(C(N)=O)c(Br)c1)C1CC2CCC(C1)N2. The molecule has 3 rings (SSSR count). The molecule has 5 heteroatoms. The number of amides is 1. The number of anilines is 1. The largest absolute Gasteiger partial charge is 0.369 e. The van der Waals surface area contributed by atoms with Crippen LogP contribution in [0, 0.1) is 0 Å². The van der Waals surface area contributed by atoms with Crippen molar-refractivity contribution in [2.45, 2.75) is 50.7 Å². The Morgan fingerprint density at radius 1 is 1.38 bits per heavy atom. The van der Waals surface area contributed by atoms with Crippen molar-refractivity contribution in [1.29, 1.82) is 0 Å². The molecule has 0 aromatic heterocycles. The van der Waals surface area contributed by atoms with E-state index in [1.807, 2.05) is 18.2 Å². The van der Waals surface area contributed by atoms with E-state index in [0.29, 0.717) is 23.7 Å². The van der Waals surface area contributed by atoms with Gasteiger partial charge in [-0.3, -0.25) is 4.79 Å². The summed E-state index contributed by atoms with van der Waals surface area (Å²) >= 11 is 3.47. The maximum absolute atomic E-state index is 11.3. The molecule has 1 aromatic rings. The molecule has 2 heterocycles. The second-order valence-corrected chi connectivity index (χ2v) is 6.93. The molecule has 2 aliphatic rings. The van der Waals surface area contributed by atoms with Crippen LogP contribution in [0.3, 0.4) is 0 Å². The van der Waals surface area contributed by atoms with Gasteiger partial charge in [-0.2, -0.15) is 0 Å². The van der Waals surface area contributed by atoms with Crippen molar-refractivity contribution in [3.63, 3.8) is 0 Å². The second kappa shape index (κ2) is 5.97. The molecule has 1 amide bonds. The lowest BCUT2D eigenvalue weighted by atomic mass is 9.97. The van der Waals surface area contributed by atoms with Gasteiger partial charge in [0.05, 0.1) is 5.56 Å². The third kappa shape index (κ3) is 2.94. The number of primary amides is 1. The van der Waals surface area contributed by atoms with Crippen LogP contribution in [0.4, 0.5) is 5.69 Å². The molecular formula is C16H22BrN3O. The van der Waals surface area contributed by atoms with Crippen molar-refractivity contribution < 1.29 is 4.79 Å². The molecular weight excluding hydrogens is 330 g/mol. The minimum Gasteiger partial charge on any atom is -0.369 e. The van der Waals surface area contributed by atoms with E-state index in [1.165, 1.54) is 31.4 Å². The van der Waals surface area contributed by atoms with Gasteiger partial charge < -0.3 is 16.0 Å². The molecule has 21 heavy (non-hydrogen) atoms. The summed E-state index contributed by atoms with van der Waals surface area (Å²) in [4.78, 5) is 13.8. The number of rotatable bonds is 4. The number of carbonyl (C=O) groups excluding carboxylic acids is 1. The molecule has 2 unspecified atom stereocenters. The molecule has 0 aliphatic carbocycles. The molecule has 0 radical (unpaired) electrons. The monoisotopic (exact) mass is 351 g/mol. The van der Waals surface area contributed by atoms with Crippen LogP contribution in [0.1, 0.15) is 43.0 Å². The number of fused-ring (bicyclic) bond motifs is 2. The van der Waals surface area contributed by atoms with E-state index in [-0.39, 0.29) is 0 Å². The van der Waals surface area contributed by atoms with Crippen molar-refractivity contribution in [3.05, 3.63) is 28.2 Å². The molecule has 1 aromatic carbocycles. The Labute approximate surface area is 134 Å². The molecule has 0 spiro atoms. The lowest BCUT2D eigenvalue weighted by molar-refractivity contribution is 0.0999. The first kappa shape index (κ1) is 14.9. The third-order valence-corrected chi connectivity index (χ3v) is 5.44. The van der Waals surface area contributed by atoms with E-state index in [1.54, 1.807) is 0 Å². The fourth-order valence-corrected chi connectivity index (χ4v) is 4.38. The quantitative estimate of drug-likeness (QED) is 0.876. The highest BCUT2D eigenvalue weighted by atomic mass is 79.9. The fourth-order valence-electron chi connectivity index (χ4n) is 3.82. The van der Waals surface area contributed by atoms with E-state index in [9.17, 15) is 4.79 Å². The van der Waals surface area contributed by atoms with Crippen LogP contribution in [0.15, 0.2) is 22.7 Å². The molecule has 4 nitrogen and oxygen atoms in total. The van der Waals surface area contributed by atoms with Gasteiger partial charge in [0.1, 0.15) is 0 Å². The van der Waals surface area contributed by atoms with Gasteiger partial charge in [0.2, 0.25) is 5.91 Å². The van der Waals surface area contributed by atoms with Crippen LogP contribution in [0.25, 0.3) is 0 Å². The zero-order valence-corrected chi connectivity index (χ0v) is 13.9. The van der Waals surface area contributed by atoms with Gasteiger partial charge in [0.25, 0.3) is 0 Å². The van der Waals surface area contributed by atoms with Crippen molar-refractivity contribution in [2.24, 2.45) is 5.73 Å². The number of hydrogen-bond donors (Lipinski definition) is 2. The summed E-state index contributed by atoms with van der Waals surface area (Å²) in [5, 5.41) is 3.69. The minimum absolute atomic E-state index is 0.392. The lowest BCUT2D eigenvalue weighted by Crippen LogP contribution is -2.48. The standard InChI is InChI=1S/C16H22BrN3O/c1-2-20(13-7-10-3-4-11(8-13)19-10)12-5-6-14(16(18)21)15(17)9-12/h5-6,9-11,13,19H,2-4,7-8H2,1H3,(H2,18,21). The summed E-state index contributed by atoms with van der Waals surface area (Å²) in [5.41, 5.74) is 7.08. The number of hydrogen-bond acceptors (Lipinski definition) is 3. The third-order valence-electron chi connectivity index (χ3n) is 4.78. The lowest BCUT2D eigenvalue weighted by Gasteiger charge is -2.39. The molecule has 2 atom stereocenters. The second-order valence-electron chi connectivity index (χ2n) is 6.08. The van der Waals surface area contributed by atoms with Gasteiger partial charge in [0, 0.05) is 34.8 Å². The average Bonchev–Trinajstić information content (AvgIpc) is 2.78. The first-order valence-corrected chi connectivity index (χ1v) is 8.49. The minimum atomic E-state index is -0.392. The van der Waals surface area contributed by atoms with Gasteiger partial charge in [0.15, 0.2) is 0 Å². The Morgan fingerprint density at radius 3 is 2.57 bits per heavy atom. The van der Waals surface area contributed by atoms with Gasteiger partial charge in [-0.25, -0.2) is 0 Å². The molecule has 2 bridgehead atoms. The maximum Gasteiger partial charge on any atom is 0.249 e. The first-order chi connectivity index (χ1) is 10.1. The van der Waals surface area contributed by atoms with E-state index in [4.69, 9.17) is 5.73 Å². The zero-order valence-electron chi connectivity index (χ0n) is 12.3. The van der Waals surface area contributed by atoms with Crippen molar-refractivity contribution in [3.8, 4) is 0 Å². The molecule has 0 saturated carbocycles. The fraction of sp³-hybridized carbons (Fsp3) is 0.562. The molecule has 114 valence electrons. The highest BCUT2D eigenvalue weighted by Crippen LogP contribution is 2.33. The topological polar surface area (TPSA) is 58.4 Å². The predicted octanol–water partition coefficient (Wildman–Crippen LogP) is 2.66. The summed E-state index contributed by atoms with van der Waals surface area (Å²) in [5.74, 6) is -0.392. The Balaban J connectivity index is 1.83. The Bertz CT molecular complexity index is 536. The number of nitrogens with one attached hydrogen (secondary N) is 1. The van der Waals surface area contributed by atoms with Crippen LogP contribution < -0.4 is 16.0 Å². The van der Waals surface area contributed by atoms with E-state index in [2.05, 4.69) is 33.1 Å². The first-order valence-electron chi connectivity index (χ1n) is 7.70. The smallest absolute Gasteiger partial charge is 0.249 e. The number of nitrogens with two attached hydrogens (primary N) is 1. The normalized spacial score (nSPS) is 27.6. The molecule has 3 N–H and O–H groups in total. The predicted molar refractivity (Wildman–Crippen MR) is 88.6 cm³/mol. The highest BCUT2D eigenvalue weighted by Gasteiger charge is 2.35.